The zero-order valence-electron chi connectivity index (χ0n) is 10.8. The first-order valence-corrected chi connectivity index (χ1v) is 7.39. The number of likely N-dealkylation sites (tertiary alicyclic amines) is 1. The van der Waals surface area contributed by atoms with Crippen LogP contribution in [0.5, 0.6) is 0 Å². The number of halogens is 2. The van der Waals surface area contributed by atoms with Crippen LogP contribution in [0, 0.1) is 0 Å². The Morgan fingerprint density at radius 3 is 2.58 bits per heavy atom. The minimum absolute atomic E-state index is 0.229. The predicted octanol–water partition coefficient (Wildman–Crippen LogP) is 3.81. The number of carbonyl (C=O) groups excluding carboxylic acids is 1. The standard InChI is InChI=1S/C14H18Cl2N2O/c15-12-5-4-11(10-13(12)16)17-7-6-14(19)18-8-2-1-3-9-18/h4-5,10,17H,1-3,6-9H2. The third-order valence-corrected chi connectivity index (χ3v) is 4.04. The van der Waals surface area contributed by atoms with Gasteiger partial charge in [0.2, 0.25) is 5.91 Å². The molecule has 1 heterocycles. The molecule has 0 spiro atoms. The molecule has 0 aromatic heterocycles. The van der Waals surface area contributed by atoms with Crippen molar-refractivity contribution in [1.82, 2.24) is 4.90 Å². The number of carbonyl (C=O) groups is 1. The van der Waals surface area contributed by atoms with Gasteiger partial charge in [0.05, 0.1) is 10.0 Å². The number of nitrogens with zero attached hydrogens (tertiary/aromatic N) is 1. The Balaban J connectivity index is 1.76. The number of hydrogen-bond acceptors (Lipinski definition) is 2. The van der Waals surface area contributed by atoms with E-state index in [1.807, 2.05) is 11.0 Å². The van der Waals surface area contributed by atoms with Crippen molar-refractivity contribution in [1.29, 1.82) is 0 Å². The zero-order chi connectivity index (χ0) is 13.7. The van der Waals surface area contributed by atoms with E-state index < -0.39 is 0 Å². The van der Waals surface area contributed by atoms with Gasteiger partial charge in [0.15, 0.2) is 0 Å². The lowest BCUT2D eigenvalue weighted by Gasteiger charge is -2.26. The molecule has 0 saturated carbocycles. The minimum atomic E-state index is 0.229. The van der Waals surface area contributed by atoms with Gasteiger partial charge in [-0.05, 0) is 37.5 Å². The zero-order valence-corrected chi connectivity index (χ0v) is 12.3. The van der Waals surface area contributed by atoms with Crippen LogP contribution in [0.3, 0.4) is 0 Å². The summed E-state index contributed by atoms with van der Waals surface area (Å²) >= 11 is 11.8. The SMILES string of the molecule is O=C(CCNc1ccc(Cl)c(Cl)c1)N1CCCCC1. The van der Waals surface area contributed by atoms with Gasteiger partial charge in [-0.1, -0.05) is 23.2 Å². The Hall–Kier alpha value is -0.930. The number of benzene rings is 1. The monoisotopic (exact) mass is 300 g/mol. The van der Waals surface area contributed by atoms with Gasteiger partial charge < -0.3 is 10.2 Å². The lowest BCUT2D eigenvalue weighted by molar-refractivity contribution is -0.131. The summed E-state index contributed by atoms with van der Waals surface area (Å²) in [6, 6.07) is 5.38. The molecular weight excluding hydrogens is 283 g/mol. The molecule has 19 heavy (non-hydrogen) atoms. The van der Waals surface area contributed by atoms with Crippen molar-refractivity contribution in [2.24, 2.45) is 0 Å². The van der Waals surface area contributed by atoms with Crippen molar-refractivity contribution in [3.8, 4) is 0 Å². The minimum Gasteiger partial charge on any atom is -0.384 e. The van der Waals surface area contributed by atoms with E-state index >= 15 is 0 Å². The summed E-state index contributed by atoms with van der Waals surface area (Å²) in [4.78, 5) is 13.9. The Morgan fingerprint density at radius 1 is 1.16 bits per heavy atom. The summed E-state index contributed by atoms with van der Waals surface area (Å²) in [7, 11) is 0. The van der Waals surface area contributed by atoms with E-state index in [1.165, 1.54) is 6.42 Å². The predicted molar refractivity (Wildman–Crippen MR) is 80.0 cm³/mol. The Kier molecular flexibility index (Phi) is 5.34. The summed E-state index contributed by atoms with van der Waals surface area (Å²) < 4.78 is 0. The smallest absolute Gasteiger partial charge is 0.224 e. The van der Waals surface area contributed by atoms with Gasteiger partial charge in [-0.3, -0.25) is 4.79 Å². The van der Waals surface area contributed by atoms with Gasteiger partial charge in [0.1, 0.15) is 0 Å². The van der Waals surface area contributed by atoms with Crippen molar-refractivity contribution in [3.05, 3.63) is 28.2 Å². The average Bonchev–Trinajstić information content (AvgIpc) is 2.43. The van der Waals surface area contributed by atoms with Crippen LogP contribution < -0.4 is 5.32 Å². The second kappa shape index (κ2) is 7.01. The summed E-state index contributed by atoms with van der Waals surface area (Å²) in [5.41, 5.74) is 0.890. The van der Waals surface area contributed by atoms with Crippen LogP contribution in [0.1, 0.15) is 25.7 Å². The Morgan fingerprint density at radius 2 is 1.89 bits per heavy atom. The van der Waals surface area contributed by atoms with Crippen LogP contribution in [0.2, 0.25) is 10.0 Å². The van der Waals surface area contributed by atoms with E-state index in [0.717, 1.165) is 31.6 Å². The summed E-state index contributed by atoms with van der Waals surface area (Å²) in [5.74, 6) is 0.229. The molecule has 0 atom stereocenters. The molecule has 2 rings (SSSR count). The molecule has 1 saturated heterocycles. The highest BCUT2D eigenvalue weighted by Gasteiger charge is 2.15. The molecule has 1 aromatic carbocycles. The maximum Gasteiger partial charge on any atom is 0.224 e. The molecule has 1 amide bonds. The second-order valence-corrected chi connectivity index (χ2v) is 5.56. The van der Waals surface area contributed by atoms with E-state index in [1.54, 1.807) is 12.1 Å². The summed E-state index contributed by atoms with van der Waals surface area (Å²) in [5, 5.41) is 4.25. The first kappa shape index (κ1) is 14.5. The molecule has 3 nitrogen and oxygen atoms in total. The molecule has 1 N–H and O–H groups in total. The highest BCUT2D eigenvalue weighted by molar-refractivity contribution is 6.42. The molecule has 0 aliphatic carbocycles. The van der Waals surface area contributed by atoms with Gasteiger partial charge in [0.25, 0.3) is 0 Å². The van der Waals surface area contributed by atoms with Crippen LogP contribution in [0.4, 0.5) is 5.69 Å². The maximum absolute atomic E-state index is 11.9. The van der Waals surface area contributed by atoms with Crippen LogP contribution in [-0.2, 0) is 4.79 Å². The normalized spacial score (nSPS) is 15.4. The molecule has 1 aliphatic heterocycles. The Bertz CT molecular complexity index is 445. The van der Waals surface area contributed by atoms with Crippen LogP contribution in [0.25, 0.3) is 0 Å². The molecular formula is C14H18Cl2N2O. The Labute approximate surface area is 123 Å². The molecule has 1 aromatic rings. The first-order valence-electron chi connectivity index (χ1n) is 6.63. The van der Waals surface area contributed by atoms with Crippen LogP contribution in [0.15, 0.2) is 18.2 Å². The topological polar surface area (TPSA) is 32.3 Å². The molecule has 0 bridgehead atoms. The van der Waals surface area contributed by atoms with Gasteiger partial charge in [-0.15, -0.1) is 0 Å². The molecule has 104 valence electrons. The fourth-order valence-electron chi connectivity index (χ4n) is 2.22. The molecule has 5 heteroatoms. The number of anilines is 1. The highest BCUT2D eigenvalue weighted by atomic mass is 35.5. The summed E-state index contributed by atoms with van der Waals surface area (Å²) in [6.45, 7) is 2.44. The largest absolute Gasteiger partial charge is 0.384 e. The maximum atomic E-state index is 11.9. The number of nitrogens with one attached hydrogen (secondary N) is 1. The fourth-order valence-corrected chi connectivity index (χ4v) is 2.52. The molecule has 0 unspecified atom stereocenters. The van der Waals surface area contributed by atoms with Crippen molar-refractivity contribution in [3.63, 3.8) is 0 Å². The van der Waals surface area contributed by atoms with E-state index in [-0.39, 0.29) is 5.91 Å². The average molecular weight is 301 g/mol. The number of amides is 1. The molecule has 1 aliphatic rings. The second-order valence-electron chi connectivity index (χ2n) is 4.75. The number of hydrogen-bond donors (Lipinski definition) is 1. The number of rotatable bonds is 4. The molecule has 0 radical (unpaired) electrons. The lowest BCUT2D eigenvalue weighted by Crippen LogP contribution is -2.36. The van der Waals surface area contributed by atoms with Gasteiger partial charge in [-0.2, -0.15) is 0 Å². The third kappa shape index (κ3) is 4.29. The first-order chi connectivity index (χ1) is 9.16. The van der Waals surface area contributed by atoms with Crippen molar-refractivity contribution < 1.29 is 4.79 Å². The van der Waals surface area contributed by atoms with Gasteiger partial charge >= 0.3 is 0 Å². The van der Waals surface area contributed by atoms with E-state index in [4.69, 9.17) is 23.2 Å². The van der Waals surface area contributed by atoms with Crippen molar-refractivity contribution in [2.75, 3.05) is 25.0 Å². The summed E-state index contributed by atoms with van der Waals surface area (Å²) in [6.07, 6.45) is 4.02. The lowest BCUT2D eigenvalue weighted by atomic mass is 10.1. The third-order valence-electron chi connectivity index (χ3n) is 3.30. The van der Waals surface area contributed by atoms with Crippen LogP contribution in [-0.4, -0.2) is 30.4 Å². The number of piperidine rings is 1. The van der Waals surface area contributed by atoms with Crippen LogP contribution >= 0.6 is 23.2 Å². The van der Waals surface area contributed by atoms with Gasteiger partial charge in [-0.25, -0.2) is 0 Å². The fraction of sp³-hybridized carbons (Fsp3) is 0.500. The van der Waals surface area contributed by atoms with Crippen molar-refractivity contribution >= 4 is 34.8 Å². The van der Waals surface area contributed by atoms with Gasteiger partial charge in [0, 0.05) is 31.7 Å². The highest BCUT2D eigenvalue weighted by Crippen LogP contribution is 2.24. The van der Waals surface area contributed by atoms with E-state index in [2.05, 4.69) is 5.32 Å². The molecule has 1 fully saturated rings. The van der Waals surface area contributed by atoms with Crippen molar-refractivity contribution in [2.45, 2.75) is 25.7 Å². The van der Waals surface area contributed by atoms with E-state index in [9.17, 15) is 4.79 Å². The van der Waals surface area contributed by atoms with E-state index in [0.29, 0.717) is 23.0 Å². The quantitative estimate of drug-likeness (QED) is 0.917.